The van der Waals surface area contributed by atoms with Crippen LogP contribution >= 0.6 is 27.3 Å². The molecule has 0 bridgehead atoms. The third-order valence-electron chi connectivity index (χ3n) is 3.61. The Morgan fingerprint density at radius 1 is 1.53 bits per heavy atom. The summed E-state index contributed by atoms with van der Waals surface area (Å²) in [6.07, 6.45) is 1.08. The summed E-state index contributed by atoms with van der Waals surface area (Å²) in [7, 11) is 0. The standard InChI is InChI=1S/C13H17BrN2O2S/c1-8-4-11(12(14)19-8)13(17)16-5-10(6-16)15-9-2-3-18-7-9/h4,9-10,15H,2-3,5-7H2,1H3. The van der Waals surface area contributed by atoms with Crippen LogP contribution < -0.4 is 5.32 Å². The van der Waals surface area contributed by atoms with E-state index < -0.39 is 0 Å². The maximum absolute atomic E-state index is 12.3. The van der Waals surface area contributed by atoms with Crippen molar-refractivity contribution in [2.45, 2.75) is 25.4 Å². The zero-order valence-electron chi connectivity index (χ0n) is 10.8. The van der Waals surface area contributed by atoms with E-state index in [1.54, 1.807) is 11.3 Å². The molecular formula is C13H17BrN2O2S. The molecule has 1 N–H and O–H groups in total. The Kier molecular flexibility index (Phi) is 3.93. The average Bonchev–Trinajstić information content (AvgIpc) is 2.92. The van der Waals surface area contributed by atoms with Gasteiger partial charge in [0.2, 0.25) is 0 Å². The van der Waals surface area contributed by atoms with Crippen molar-refractivity contribution in [3.05, 3.63) is 20.3 Å². The summed E-state index contributed by atoms with van der Waals surface area (Å²) in [5.41, 5.74) is 0.796. The monoisotopic (exact) mass is 344 g/mol. The highest BCUT2D eigenvalue weighted by Gasteiger charge is 2.34. The molecule has 3 heterocycles. The quantitative estimate of drug-likeness (QED) is 0.911. The van der Waals surface area contributed by atoms with Gasteiger partial charge in [-0.05, 0) is 35.3 Å². The minimum absolute atomic E-state index is 0.136. The highest BCUT2D eigenvalue weighted by atomic mass is 79.9. The first-order chi connectivity index (χ1) is 9.13. The summed E-state index contributed by atoms with van der Waals surface area (Å²) >= 11 is 5.08. The van der Waals surface area contributed by atoms with Gasteiger partial charge >= 0.3 is 0 Å². The molecule has 4 nitrogen and oxygen atoms in total. The molecule has 0 radical (unpaired) electrons. The second-order valence-corrected chi connectivity index (χ2v) is 7.75. The molecule has 1 aromatic rings. The van der Waals surface area contributed by atoms with Crippen LogP contribution in [0.1, 0.15) is 21.7 Å². The lowest BCUT2D eigenvalue weighted by atomic mass is 10.1. The first-order valence-electron chi connectivity index (χ1n) is 6.52. The molecular weight excluding hydrogens is 328 g/mol. The molecule has 1 atom stereocenters. The first kappa shape index (κ1) is 13.5. The lowest BCUT2D eigenvalue weighted by Crippen LogP contribution is -2.61. The average molecular weight is 345 g/mol. The lowest BCUT2D eigenvalue weighted by Gasteiger charge is -2.40. The van der Waals surface area contributed by atoms with Gasteiger partial charge in [-0.1, -0.05) is 0 Å². The molecule has 0 saturated carbocycles. The predicted octanol–water partition coefficient (Wildman–Crippen LogP) is 2.02. The largest absolute Gasteiger partial charge is 0.380 e. The summed E-state index contributed by atoms with van der Waals surface area (Å²) in [4.78, 5) is 15.4. The molecule has 2 aliphatic heterocycles. The molecule has 6 heteroatoms. The number of carbonyl (C=O) groups is 1. The molecule has 0 aliphatic carbocycles. The highest BCUT2D eigenvalue weighted by Crippen LogP contribution is 2.29. The van der Waals surface area contributed by atoms with Crippen molar-refractivity contribution in [3.63, 3.8) is 0 Å². The van der Waals surface area contributed by atoms with Gasteiger partial charge in [0.05, 0.1) is 16.0 Å². The van der Waals surface area contributed by atoms with Crippen LogP contribution in [0, 0.1) is 6.92 Å². The van der Waals surface area contributed by atoms with E-state index >= 15 is 0 Å². The zero-order chi connectivity index (χ0) is 13.4. The Bertz CT molecular complexity index is 479. The third kappa shape index (κ3) is 2.86. The predicted molar refractivity (Wildman–Crippen MR) is 78.8 cm³/mol. The molecule has 1 aromatic heterocycles. The molecule has 0 spiro atoms. The summed E-state index contributed by atoms with van der Waals surface area (Å²) in [5.74, 6) is 0.136. The van der Waals surface area contributed by atoms with Crippen molar-refractivity contribution in [2.75, 3.05) is 26.3 Å². The number of hydrogen-bond donors (Lipinski definition) is 1. The van der Waals surface area contributed by atoms with E-state index in [0.717, 1.165) is 47.0 Å². The minimum atomic E-state index is 0.136. The maximum atomic E-state index is 12.3. The molecule has 2 aliphatic rings. The van der Waals surface area contributed by atoms with Crippen molar-refractivity contribution >= 4 is 33.2 Å². The van der Waals surface area contributed by atoms with Gasteiger partial charge in [-0.3, -0.25) is 4.79 Å². The Morgan fingerprint density at radius 2 is 2.32 bits per heavy atom. The van der Waals surface area contributed by atoms with E-state index in [9.17, 15) is 4.79 Å². The van der Waals surface area contributed by atoms with E-state index in [0.29, 0.717) is 12.1 Å². The van der Waals surface area contributed by atoms with E-state index in [1.807, 2.05) is 17.9 Å². The smallest absolute Gasteiger partial charge is 0.255 e. The van der Waals surface area contributed by atoms with Crippen LogP contribution in [0.2, 0.25) is 0 Å². The molecule has 19 heavy (non-hydrogen) atoms. The summed E-state index contributed by atoms with van der Waals surface area (Å²) in [6, 6.07) is 2.86. The Hall–Kier alpha value is -0.430. The third-order valence-corrected chi connectivity index (χ3v) is 5.36. The second kappa shape index (κ2) is 5.52. The normalized spacial score (nSPS) is 23.7. The fourth-order valence-electron chi connectivity index (χ4n) is 2.55. The first-order valence-corrected chi connectivity index (χ1v) is 8.13. The van der Waals surface area contributed by atoms with E-state index in [2.05, 4.69) is 21.2 Å². The number of aryl methyl sites for hydroxylation is 1. The number of amides is 1. The van der Waals surface area contributed by atoms with Gasteiger partial charge in [0.1, 0.15) is 0 Å². The van der Waals surface area contributed by atoms with Crippen LogP contribution in [0.5, 0.6) is 0 Å². The van der Waals surface area contributed by atoms with Crippen LogP contribution in [0.25, 0.3) is 0 Å². The number of ether oxygens (including phenoxy) is 1. The van der Waals surface area contributed by atoms with Crippen LogP contribution in [0.15, 0.2) is 9.85 Å². The van der Waals surface area contributed by atoms with E-state index in [4.69, 9.17) is 4.74 Å². The Balaban J connectivity index is 1.52. The van der Waals surface area contributed by atoms with Crippen LogP contribution in [-0.4, -0.2) is 49.2 Å². The van der Waals surface area contributed by atoms with Gasteiger partial charge in [-0.15, -0.1) is 11.3 Å². The summed E-state index contributed by atoms with van der Waals surface area (Å²) in [5, 5.41) is 3.54. The molecule has 0 aromatic carbocycles. The van der Waals surface area contributed by atoms with Gasteiger partial charge < -0.3 is 15.0 Å². The SMILES string of the molecule is Cc1cc(C(=O)N2CC(NC3CCOC3)C2)c(Br)s1. The van der Waals surface area contributed by atoms with E-state index in [1.165, 1.54) is 0 Å². The number of halogens is 1. The Morgan fingerprint density at radius 3 is 2.89 bits per heavy atom. The number of hydrogen-bond acceptors (Lipinski definition) is 4. The second-order valence-electron chi connectivity index (χ2n) is 5.18. The van der Waals surface area contributed by atoms with Gasteiger partial charge in [0.25, 0.3) is 5.91 Å². The topological polar surface area (TPSA) is 41.6 Å². The van der Waals surface area contributed by atoms with Crippen molar-refractivity contribution in [3.8, 4) is 0 Å². The van der Waals surface area contributed by atoms with Crippen molar-refractivity contribution in [1.29, 1.82) is 0 Å². The highest BCUT2D eigenvalue weighted by molar-refractivity contribution is 9.11. The molecule has 2 fully saturated rings. The minimum Gasteiger partial charge on any atom is -0.380 e. The van der Waals surface area contributed by atoms with E-state index in [-0.39, 0.29) is 5.91 Å². The van der Waals surface area contributed by atoms with Gasteiger partial charge in [0.15, 0.2) is 0 Å². The van der Waals surface area contributed by atoms with Crippen LogP contribution in [-0.2, 0) is 4.74 Å². The van der Waals surface area contributed by atoms with Gasteiger partial charge in [-0.25, -0.2) is 0 Å². The molecule has 1 amide bonds. The number of likely N-dealkylation sites (tertiary alicyclic amines) is 1. The number of thiophene rings is 1. The van der Waals surface area contributed by atoms with Gasteiger partial charge in [0, 0.05) is 36.7 Å². The molecule has 1 unspecified atom stereocenters. The van der Waals surface area contributed by atoms with Crippen LogP contribution in [0.3, 0.4) is 0 Å². The lowest BCUT2D eigenvalue weighted by molar-refractivity contribution is 0.0548. The molecule has 104 valence electrons. The zero-order valence-corrected chi connectivity index (χ0v) is 13.2. The fraction of sp³-hybridized carbons (Fsp3) is 0.615. The number of nitrogens with one attached hydrogen (secondary N) is 1. The van der Waals surface area contributed by atoms with Gasteiger partial charge in [-0.2, -0.15) is 0 Å². The number of rotatable bonds is 3. The molecule has 3 rings (SSSR count). The fourth-order valence-corrected chi connectivity index (χ4v) is 4.32. The number of nitrogens with zero attached hydrogens (tertiary/aromatic N) is 1. The number of carbonyl (C=O) groups excluding carboxylic acids is 1. The Labute approximate surface area is 125 Å². The van der Waals surface area contributed by atoms with Crippen molar-refractivity contribution in [2.24, 2.45) is 0 Å². The van der Waals surface area contributed by atoms with Crippen molar-refractivity contribution < 1.29 is 9.53 Å². The summed E-state index contributed by atoms with van der Waals surface area (Å²) < 4.78 is 6.28. The molecule has 2 saturated heterocycles. The maximum Gasteiger partial charge on any atom is 0.255 e. The van der Waals surface area contributed by atoms with Crippen molar-refractivity contribution in [1.82, 2.24) is 10.2 Å². The van der Waals surface area contributed by atoms with Crippen LogP contribution in [0.4, 0.5) is 0 Å². The summed E-state index contributed by atoms with van der Waals surface area (Å²) in [6.45, 7) is 5.29.